The lowest BCUT2D eigenvalue weighted by Crippen LogP contribution is -2.48. The van der Waals surface area contributed by atoms with Crippen LogP contribution in [0.5, 0.6) is 0 Å². The van der Waals surface area contributed by atoms with E-state index in [4.69, 9.17) is 10.5 Å². The number of amides is 3. The highest BCUT2D eigenvalue weighted by Gasteiger charge is 2.35. The van der Waals surface area contributed by atoms with Gasteiger partial charge in [-0.1, -0.05) is 6.42 Å². The molecule has 0 bridgehead atoms. The number of primary amides is 1. The number of hydrogen-bond acceptors (Lipinski definition) is 4. The summed E-state index contributed by atoms with van der Waals surface area (Å²) in [5.41, 5.74) is 4.88. The Hall–Kier alpha value is -1.79. The molecule has 7 nitrogen and oxygen atoms in total. The van der Waals surface area contributed by atoms with E-state index >= 15 is 0 Å². The first-order chi connectivity index (χ1) is 11.2. The highest BCUT2D eigenvalue weighted by atomic mass is 16.6. The Bertz CT molecular complexity index is 493. The Labute approximate surface area is 143 Å². The Morgan fingerprint density at radius 3 is 2.25 bits per heavy atom. The minimum atomic E-state index is -0.516. The number of carbonyl (C=O) groups excluding carboxylic acids is 3. The molecule has 2 atom stereocenters. The molecule has 3 N–H and O–H groups in total. The van der Waals surface area contributed by atoms with Crippen LogP contribution in [0.4, 0.5) is 4.79 Å². The van der Waals surface area contributed by atoms with Gasteiger partial charge in [-0.2, -0.15) is 0 Å². The average Bonchev–Trinajstić information content (AvgIpc) is 2.94. The number of rotatable bonds is 3. The summed E-state index contributed by atoms with van der Waals surface area (Å²) in [5.74, 6) is -0.747. The van der Waals surface area contributed by atoms with E-state index in [0.29, 0.717) is 25.9 Å². The maximum Gasteiger partial charge on any atom is 0.410 e. The highest BCUT2D eigenvalue weighted by molar-refractivity contribution is 5.82. The second-order valence-electron chi connectivity index (χ2n) is 7.80. The van der Waals surface area contributed by atoms with E-state index in [0.717, 1.165) is 19.3 Å². The van der Waals surface area contributed by atoms with Crippen molar-refractivity contribution >= 4 is 17.9 Å². The van der Waals surface area contributed by atoms with Gasteiger partial charge in [-0.3, -0.25) is 9.59 Å². The van der Waals surface area contributed by atoms with Crippen LogP contribution in [-0.2, 0) is 14.3 Å². The van der Waals surface area contributed by atoms with Gasteiger partial charge in [0.05, 0.1) is 5.92 Å². The summed E-state index contributed by atoms with van der Waals surface area (Å²) < 4.78 is 5.36. The van der Waals surface area contributed by atoms with Gasteiger partial charge < -0.3 is 20.7 Å². The van der Waals surface area contributed by atoms with E-state index in [2.05, 4.69) is 5.32 Å². The molecule has 1 aliphatic heterocycles. The molecular weight excluding hydrogens is 310 g/mol. The van der Waals surface area contributed by atoms with E-state index in [1.165, 1.54) is 0 Å². The summed E-state index contributed by atoms with van der Waals surface area (Å²) >= 11 is 0. The van der Waals surface area contributed by atoms with Gasteiger partial charge in [0.1, 0.15) is 5.60 Å². The molecule has 0 aromatic carbocycles. The molecule has 7 heteroatoms. The molecule has 0 unspecified atom stereocenters. The second kappa shape index (κ2) is 7.40. The molecule has 2 fully saturated rings. The zero-order valence-electron chi connectivity index (χ0n) is 14.8. The summed E-state index contributed by atoms with van der Waals surface area (Å²) in [5, 5.41) is 2.99. The first-order valence-electron chi connectivity index (χ1n) is 8.75. The molecular formula is C17H29N3O4. The monoisotopic (exact) mass is 339 g/mol. The largest absolute Gasteiger partial charge is 0.444 e. The number of piperidine rings is 1. The molecule has 0 radical (unpaired) electrons. The average molecular weight is 339 g/mol. The first kappa shape index (κ1) is 18.5. The van der Waals surface area contributed by atoms with Gasteiger partial charge in [0.15, 0.2) is 0 Å². The zero-order valence-corrected chi connectivity index (χ0v) is 14.8. The lowest BCUT2D eigenvalue weighted by Gasteiger charge is -2.33. The number of nitrogens with one attached hydrogen (secondary N) is 1. The molecule has 3 amide bonds. The van der Waals surface area contributed by atoms with Gasteiger partial charge in [-0.25, -0.2) is 4.79 Å². The molecule has 24 heavy (non-hydrogen) atoms. The van der Waals surface area contributed by atoms with Crippen LogP contribution >= 0.6 is 0 Å². The fraction of sp³-hybridized carbons (Fsp3) is 0.824. The number of nitrogens with zero attached hydrogens (tertiary/aromatic N) is 1. The van der Waals surface area contributed by atoms with Crippen molar-refractivity contribution in [1.82, 2.24) is 10.2 Å². The summed E-state index contributed by atoms with van der Waals surface area (Å²) in [7, 11) is 0. The van der Waals surface area contributed by atoms with Gasteiger partial charge >= 0.3 is 6.09 Å². The first-order valence-corrected chi connectivity index (χ1v) is 8.75. The van der Waals surface area contributed by atoms with Crippen LogP contribution in [-0.4, -0.2) is 47.5 Å². The number of nitrogens with two attached hydrogens (primary N) is 1. The van der Waals surface area contributed by atoms with Crippen molar-refractivity contribution in [3.63, 3.8) is 0 Å². The van der Waals surface area contributed by atoms with E-state index in [1.807, 2.05) is 20.8 Å². The van der Waals surface area contributed by atoms with Gasteiger partial charge in [0.2, 0.25) is 11.8 Å². The SMILES string of the molecule is CC(C)(C)OC(=O)N1CCC(C(=O)N[C@@H]2CCC[C@@H]2C(N)=O)CC1. The van der Waals surface area contributed by atoms with Gasteiger partial charge in [-0.15, -0.1) is 0 Å². The van der Waals surface area contributed by atoms with Gasteiger partial charge in [0.25, 0.3) is 0 Å². The summed E-state index contributed by atoms with van der Waals surface area (Å²) in [4.78, 5) is 37.5. The lowest BCUT2D eigenvalue weighted by molar-refractivity contribution is -0.128. The maximum atomic E-state index is 12.4. The Morgan fingerprint density at radius 1 is 1.08 bits per heavy atom. The van der Waals surface area contributed by atoms with Crippen LogP contribution in [0.2, 0.25) is 0 Å². The molecule has 1 saturated carbocycles. The van der Waals surface area contributed by atoms with E-state index in [-0.39, 0.29) is 35.8 Å². The number of ether oxygens (including phenoxy) is 1. The maximum absolute atomic E-state index is 12.4. The van der Waals surface area contributed by atoms with Crippen molar-refractivity contribution in [2.45, 2.75) is 64.5 Å². The fourth-order valence-electron chi connectivity index (χ4n) is 3.42. The van der Waals surface area contributed by atoms with Crippen LogP contribution in [0.1, 0.15) is 52.9 Å². The van der Waals surface area contributed by atoms with Crippen molar-refractivity contribution in [2.24, 2.45) is 17.6 Å². The van der Waals surface area contributed by atoms with E-state index < -0.39 is 5.60 Å². The Kier molecular flexibility index (Phi) is 5.72. The van der Waals surface area contributed by atoms with Crippen LogP contribution in [0.25, 0.3) is 0 Å². The van der Waals surface area contributed by atoms with Crippen molar-refractivity contribution in [1.29, 1.82) is 0 Å². The van der Waals surface area contributed by atoms with Crippen LogP contribution in [0.3, 0.4) is 0 Å². The predicted octanol–water partition coefficient (Wildman–Crippen LogP) is 1.40. The van der Waals surface area contributed by atoms with Crippen molar-refractivity contribution in [3.05, 3.63) is 0 Å². The van der Waals surface area contributed by atoms with Crippen LogP contribution in [0.15, 0.2) is 0 Å². The summed E-state index contributed by atoms with van der Waals surface area (Å²) in [6.45, 7) is 6.53. The van der Waals surface area contributed by atoms with Crippen molar-refractivity contribution < 1.29 is 19.1 Å². The molecule has 0 spiro atoms. The fourth-order valence-corrected chi connectivity index (χ4v) is 3.42. The molecule has 2 aliphatic rings. The summed E-state index contributed by atoms with van der Waals surface area (Å²) in [6, 6.07) is -0.140. The number of likely N-dealkylation sites (tertiary alicyclic amines) is 1. The van der Waals surface area contributed by atoms with Gasteiger partial charge in [0, 0.05) is 25.0 Å². The van der Waals surface area contributed by atoms with Gasteiger partial charge in [-0.05, 0) is 46.5 Å². The zero-order chi connectivity index (χ0) is 17.9. The van der Waals surface area contributed by atoms with Crippen molar-refractivity contribution in [2.75, 3.05) is 13.1 Å². The summed E-state index contributed by atoms with van der Waals surface area (Å²) in [6.07, 6.45) is 3.35. The second-order valence-corrected chi connectivity index (χ2v) is 7.80. The quantitative estimate of drug-likeness (QED) is 0.811. The minimum absolute atomic E-state index is 0.0306. The van der Waals surface area contributed by atoms with Crippen molar-refractivity contribution in [3.8, 4) is 0 Å². The predicted molar refractivity (Wildman–Crippen MR) is 89.0 cm³/mol. The normalized spacial score (nSPS) is 25.4. The highest BCUT2D eigenvalue weighted by Crippen LogP contribution is 2.27. The number of carbonyl (C=O) groups is 3. The molecule has 136 valence electrons. The lowest BCUT2D eigenvalue weighted by atomic mass is 9.94. The third kappa shape index (κ3) is 4.85. The molecule has 0 aromatic heterocycles. The Morgan fingerprint density at radius 2 is 1.71 bits per heavy atom. The van der Waals surface area contributed by atoms with E-state index in [9.17, 15) is 14.4 Å². The number of hydrogen-bond donors (Lipinski definition) is 2. The Balaban J connectivity index is 1.80. The molecule has 2 rings (SSSR count). The molecule has 1 heterocycles. The molecule has 1 saturated heterocycles. The third-order valence-electron chi connectivity index (χ3n) is 4.73. The van der Waals surface area contributed by atoms with Crippen LogP contribution < -0.4 is 11.1 Å². The van der Waals surface area contributed by atoms with Crippen LogP contribution in [0, 0.1) is 11.8 Å². The van der Waals surface area contributed by atoms with E-state index in [1.54, 1.807) is 4.90 Å². The minimum Gasteiger partial charge on any atom is -0.444 e. The standard InChI is InChI=1S/C17H29N3O4/c1-17(2,3)24-16(23)20-9-7-11(8-10-20)15(22)19-13-6-4-5-12(13)14(18)21/h11-13H,4-10H2,1-3H3,(H2,18,21)(H,19,22)/t12-,13+/m0/s1. The smallest absolute Gasteiger partial charge is 0.410 e. The molecule has 1 aliphatic carbocycles. The molecule has 0 aromatic rings. The third-order valence-corrected chi connectivity index (χ3v) is 4.73. The topological polar surface area (TPSA) is 102 Å².